The number of nitrogens with zero attached hydrogens (tertiary/aromatic N) is 2. The summed E-state index contributed by atoms with van der Waals surface area (Å²) in [6.07, 6.45) is 5.94. The number of nitrogens with one attached hydrogen (secondary N) is 2. The van der Waals surface area contributed by atoms with Gasteiger partial charge < -0.3 is 20.1 Å². The van der Waals surface area contributed by atoms with Crippen LogP contribution in [0.5, 0.6) is 0 Å². The molecule has 39 heavy (non-hydrogen) atoms. The number of carbonyl (C=O) groups excluding carboxylic acids is 3. The zero-order valence-corrected chi connectivity index (χ0v) is 21.9. The average molecular weight is 521 g/mol. The molecule has 3 aromatic carbocycles. The fraction of sp³-hybridized carbons (Fsp3) is 0.281. The van der Waals surface area contributed by atoms with Gasteiger partial charge in [0.05, 0.1) is 0 Å². The van der Waals surface area contributed by atoms with Gasteiger partial charge in [-0.3, -0.25) is 14.4 Å². The van der Waals surface area contributed by atoms with Crippen LogP contribution in [0, 0.1) is 0 Å². The maximum absolute atomic E-state index is 13.5. The highest BCUT2D eigenvalue weighted by atomic mass is 16.2. The smallest absolute Gasteiger partial charge is 0.255 e. The molecule has 0 bridgehead atoms. The van der Waals surface area contributed by atoms with Crippen LogP contribution < -0.4 is 5.32 Å². The third-order valence-corrected chi connectivity index (χ3v) is 7.87. The molecule has 0 aliphatic carbocycles. The lowest BCUT2D eigenvalue weighted by molar-refractivity contribution is -0.125. The third kappa shape index (κ3) is 4.92. The fourth-order valence-corrected chi connectivity index (χ4v) is 5.80. The molecule has 1 saturated heterocycles. The van der Waals surface area contributed by atoms with E-state index in [0.29, 0.717) is 24.1 Å². The molecule has 7 heteroatoms. The van der Waals surface area contributed by atoms with Crippen molar-refractivity contribution in [3.8, 4) is 0 Å². The van der Waals surface area contributed by atoms with E-state index in [1.165, 1.54) is 6.42 Å². The Morgan fingerprint density at radius 3 is 2.46 bits per heavy atom. The molecule has 0 saturated carbocycles. The van der Waals surface area contributed by atoms with Gasteiger partial charge in [0.15, 0.2) is 0 Å². The zero-order valence-electron chi connectivity index (χ0n) is 21.9. The van der Waals surface area contributed by atoms with Gasteiger partial charge in [-0.1, -0.05) is 48.5 Å². The fourth-order valence-electron chi connectivity index (χ4n) is 5.80. The minimum Gasteiger partial charge on any atom is -0.361 e. The van der Waals surface area contributed by atoms with Gasteiger partial charge in [-0.15, -0.1) is 0 Å². The number of fused-ring (bicyclic) bond motifs is 2. The van der Waals surface area contributed by atoms with Crippen LogP contribution in [-0.4, -0.2) is 52.1 Å². The van der Waals surface area contributed by atoms with Gasteiger partial charge >= 0.3 is 0 Å². The first kappa shape index (κ1) is 24.9. The van der Waals surface area contributed by atoms with Crippen molar-refractivity contribution in [2.24, 2.45) is 0 Å². The van der Waals surface area contributed by atoms with Gasteiger partial charge in [0.2, 0.25) is 5.91 Å². The topological polar surface area (TPSA) is 85.5 Å². The predicted molar refractivity (Wildman–Crippen MR) is 150 cm³/mol. The Kier molecular flexibility index (Phi) is 6.88. The van der Waals surface area contributed by atoms with E-state index < -0.39 is 6.04 Å². The van der Waals surface area contributed by atoms with E-state index in [1.54, 1.807) is 11.0 Å². The van der Waals surface area contributed by atoms with E-state index in [9.17, 15) is 14.4 Å². The SMILES string of the molecule is O=C(NCCc1c[nH]c2ccccc12)C1c2ccccc2C(=O)N1Cc1ccc(C(=O)N2CCCCC2)cc1. The van der Waals surface area contributed by atoms with E-state index in [1.807, 2.05) is 71.8 Å². The summed E-state index contributed by atoms with van der Waals surface area (Å²) in [4.78, 5) is 46.6. The first-order valence-electron chi connectivity index (χ1n) is 13.7. The third-order valence-electron chi connectivity index (χ3n) is 7.87. The lowest BCUT2D eigenvalue weighted by atomic mass is 10.0. The van der Waals surface area contributed by atoms with Gasteiger partial charge in [-0.25, -0.2) is 0 Å². The molecular formula is C32H32N4O3. The Morgan fingerprint density at radius 2 is 1.64 bits per heavy atom. The molecule has 3 heterocycles. The lowest BCUT2D eigenvalue weighted by Crippen LogP contribution is -2.39. The predicted octanol–water partition coefficient (Wildman–Crippen LogP) is 4.85. The highest BCUT2D eigenvalue weighted by Crippen LogP contribution is 2.35. The number of benzene rings is 3. The summed E-state index contributed by atoms with van der Waals surface area (Å²) < 4.78 is 0. The van der Waals surface area contributed by atoms with Crippen LogP contribution in [-0.2, 0) is 17.8 Å². The molecule has 4 aromatic rings. The van der Waals surface area contributed by atoms with Crippen molar-refractivity contribution < 1.29 is 14.4 Å². The van der Waals surface area contributed by atoms with Crippen molar-refractivity contribution in [1.29, 1.82) is 0 Å². The zero-order chi connectivity index (χ0) is 26.8. The second-order valence-electron chi connectivity index (χ2n) is 10.4. The largest absolute Gasteiger partial charge is 0.361 e. The van der Waals surface area contributed by atoms with Crippen LogP contribution in [0.1, 0.15) is 62.7 Å². The molecule has 7 nitrogen and oxygen atoms in total. The molecule has 1 fully saturated rings. The van der Waals surface area contributed by atoms with Gasteiger partial charge in [-0.05, 0) is 66.6 Å². The molecule has 1 aromatic heterocycles. The number of aromatic nitrogens is 1. The molecule has 6 rings (SSSR count). The number of rotatable bonds is 7. The van der Waals surface area contributed by atoms with Crippen molar-refractivity contribution in [2.75, 3.05) is 19.6 Å². The summed E-state index contributed by atoms with van der Waals surface area (Å²) in [6.45, 7) is 2.36. The van der Waals surface area contributed by atoms with E-state index in [2.05, 4.69) is 16.4 Å². The number of H-pyrrole nitrogens is 1. The number of amides is 3. The first-order chi connectivity index (χ1) is 19.1. The molecule has 1 atom stereocenters. The van der Waals surface area contributed by atoms with E-state index in [-0.39, 0.29) is 24.3 Å². The number of piperidine rings is 1. The van der Waals surface area contributed by atoms with Gasteiger partial charge in [0, 0.05) is 54.4 Å². The van der Waals surface area contributed by atoms with Crippen LogP contribution >= 0.6 is 0 Å². The molecular weight excluding hydrogens is 488 g/mol. The standard InChI is InChI=1S/C32H32N4O3/c37-30(33-17-16-24-20-34-28-11-5-4-8-25(24)28)29-26-9-2-3-10-27(26)32(39)36(29)21-22-12-14-23(15-13-22)31(38)35-18-6-1-7-19-35/h2-5,8-15,20,29,34H,1,6-7,16-19,21H2,(H,33,37). The summed E-state index contributed by atoms with van der Waals surface area (Å²) in [6, 6.07) is 22.2. The normalized spacial score (nSPS) is 16.9. The van der Waals surface area contributed by atoms with Crippen molar-refractivity contribution in [3.05, 3.63) is 107 Å². The lowest BCUT2D eigenvalue weighted by Gasteiger charge is -2.27. The van der Waals surface area contributed by atoms with E-state index in [0.717, 1.165) is 53.5 Å². The van der Waals surface area contributed by atoms with Crippen molar-refractivity contribution in [1.82, 2.24) is 20.1 Å². The molecule has 3 amide bonds. The molecule has 0 spiro atoms. The number of carbonyl (C=O) groups is 3. The molecule has 1 unspecified atom stereocenters. The van der Waals surface area contributed by atoms with Crippen molar-refractivity contribution >= 4 is 28.6 Å². The van der Waals surface area contributed by atoms with Crippen LogP contribution in [0.2, 0.25) is 0 Å². The number of para-hydroxylation sites is 1. The summed E-state index contributed by atoms with van der Waals surface area (Å²) in [7, 11) is 0. The average Bonchev–Trinajstić information content (AvgIpc) is 3.52. The molecule has 0 radical (unpaired) electrons. The molecule has 2 aliphatic heterocycles. The van der Waals surface area contributed by atoms with E-state index in [4.69, 9.17) is 0 Å². The Morgan fingerprint density at radius 1 is 0.897 bits per heavy atom. The minimum atomic E-state index is -0.702. The number of hydrogen-bond donors (Lipinski definition) is 2. The second kappa shape index (κ2) is 10.8. The number of aromatic amines is 1. The highest BCUT2D eigenvalue weighted by Gasteiger charge is 2.40. The summed E-state index contributed by atoms with van der Waals surface area (Å²) in [5.41, 5.74) is 5.04. The van der Waals surface area contributed by atoms with Crippen LogP contribution in [0.3, 0.4) is 0 Å². The van der Waals surface area contributed by atoms with Crippen LogP contribution in [0.4, 0.5) is 0 Å². The summed E-state index contributed by atoms with van der Waals surface area (Å²) in [5.74, 6) is -0.292. The molecule has 198 valence electrons. The van der Waals surface area contributed by atoms with Gasteiger partial charge in [0.1, 0.15) is 6.04 Å². The summed E-state index contributed by atoms with van der Waals surface area (Å²) >= 11 is 0. The van der Waals surface area contributed by atoms with Crippen molar-refractivity contribution in [2.45, 2.75) is 38.3 Å². The Labute approximate surface area is 227 Å². The van der Waals surface area contributed by atoms with Crippen LogP contribution in [0.25, 0.3) is 10.9 Å². The highest BCUT2D eigenvalue weighted by molar-refractivity contribution is 6.04. The maximum Gasteiger partial charge on any atom is 0.255 e. The Balaban J connectivity index is 1.16. The minimum absolute atomic E-state index is 0.0540. The molecule has 2 N–H and O–H groups in total. The Hall–Kier alpha value is -4.39. The van der Waals surface area contributed by atoms with E-state index >= 15 is 0 Å². The van der Waals surface area contributed by atoms with Crippen molar-refractivity contribution in [3.63, 3.8) is 0 Å². The summed E-state index contributed by atoms with van der Waals surface area (Å²) in [5, 5.41) is 4.22. The second-order valence-corrected chi connectivity index (χ2v) is 10.4. The van der Waals surface area contributed by atoms with Gasteiger partial charge in [0.25, 0.3) is 11.8 Å². The number of likely N-dealkylation sites (tertiary alicyclic amines) is 1. The quantitative estimate of drug-likeness (QED) is 0.365. The number of hydrogen-bond acceptors (Lipinski definition) is 3. The first-order valence-corrected chi connectivity index (χ1v) is 13.7. The van der Waals surface area contributed by atoms with Crippen LogP contribution in [0.15, 0.2) is 79.0 Å². The van der Waals surface area contributed by atoms with Gasteiger partial charge in [-0.2, -0.15) is 0 Å². The monoisotopic (exact) mass is 520 g/mol. The maximum atomic E-state index is 13.5. The molecule has 2 aliphatic rings. The Bertz CT molecular complexity index is 1520.